The van der Waals surface area contributed by atoms with Crippen LogP contribution >= 0.6 is 0 Å². The van der Waals surface area contributed by atoms with Crippen LogP contribution in [0.15, 0.2) is 0 Å². The number of piperidine rings is 1. The highest BCUT2D eigenvalue weighted by atomic mass is 16.5. The van der Waals surface area contributed by atoms with Gasteiger partial charge in [-0.2, -0.15) is 0 Å². The Labute approximate surface area is 142 Å². The molecule has 2 saturated heterocycles. The average Bonchev–Trinajstić information content (AvgIpc) is 2.52. The van der Waals surface area contributed by atoms with Gasteiger partial charge in [0.1, 0.15) is 0 Å². The number of aliphatic hydroxyl groups excluding tert-OH is 1. The number of nitrogens with zero attached hydrogens (tertiary/aromatic N) is 2. The van der Waals surface area contributed by atoms with Crippen molar-refractivity contribution < 1.29 is 9.84 Å². The number of hydrogen-bond acceptors (Lipinski definition) is 5. The first-order valence-corrected chi connectivity index (χ1v) is 9.38. The van der Waals surface area contributed by atoms with Gasteiger partial charge in [-0.05, 0) is 44.7 Å². The van der Waals surface area contributed by atoms with Crippen LogP contribution in [0, 0.1) is 5.41 Å². The van der Waals surface area contributed by atoms with Crippen LogP contribution in [0.4, 0.5) is 0 Å². The Balaban J connectivity index is 1.58. The molecule has 1 atom stereocenters. The molecule has 2 fully saturated rings. The largest absolute Gasteiger partial charge is 0.393 e. The smallest absolute Gasteiger partial charge is 0.0594 e. The van der Waals surface area contributed by atoms with E-state index in [9.17, 15) is 5.11 Å². The SMILES string of the molecule is CC(O)CC(C)(C)CNC1CCN(CCN2CCOCC2)CC1. The van der Waals surface area contributed by atoms with Crippen LogP contribution in [0.25, 0.3) is 0 Å². The van der Waals surface area contributed by atoms with Gasteiger partial charge in [0.2, 0.25) is 0 Å². The average molecular weight is 328 g/mol. The predicted molar refractivity (Wildman–Crippen MR) is 94.8 cm³/mol. The monoisotopic (exact) mass is 327 g/mol. The maximum atomic E-state index is 9.58. The van der Waals surface area contributed by atoms with Crippen LogP contribution in [0.3, 0.4) is 0 Å². The minimum Gasteiger partial charge on any atom is -0.393 e. The van der Waals surface area contributed by atoms with Gasteiger partial charge in [0, 0.05) is 38.8 Å². The highest BCUT2D eigenvalue weighted by molar-refractivity contribution is 4.81. The van der Waals surface area contributed by atoms with Gasteiger partial charge in [0.15, 0.2) is 0 Å². The van der Waals surface area contributed by atoms with Crippen LogP contribution in [-0.4, -0.2) is 86.1 Å². The molecular formula is C18H37N3O2. The Morgan fingerprint density at radius 3 is 2.22 bits per heavy atom. The van der Waals surface area contributed by atoms with Crippen LogP contribution < -0.4 is 5.32 Å². The molecule has 2 aliphatic heterocycles. The van der Waals surface area contributed by atoms with Crippen molar-refractivity contribution in [2.24, 2.45) is 5.41 Å². The fourth-order valence-electron chi connectivity index (χ4n) is 3.76. The molecule has 0 aliphatic carbocycles. The molecule has 0 aromatic carbocycles. The summed E-state index contributed by atoms with van der Waals surface area (Å²) < 4.78 is 5.40. The lowest BCUT2D eigenvalue weighted by Crippen LogP contribution is -2.48. The molecule has 2 aliphatic rings. The van der Waals surface area contributed by atoms with Gasteiger partial charge in [0.05, 0.1) is 19.3 Å². The molecule has 136 valence electrons. The molecule has 2 heterocycles. The molecule has 0 aromatic heterocycles. The minimum atomic E-state index is -0.214. The third-order valence-electron chi connectivity index (χ3n) is 5.14. The zero-order chi connectivity index (χ0) is 16.7. The number of aliphatic hydroxyl groups is 1. The molecule has 0 aromatic rings. The van der Waals surface area contributed by atoms with E-state index in [0.29, 0.717) is 6.04 Å². The highest BCUT2D eigenvalue weighted by Crippen LogP contribution is 2.22. The van der Waals surface area contributed by atoms with Crippen molar-refractivity contribution in [3.05, 3.63) is 0 Å². The molecule has 0 spiro atoms. The molecule has 0 amide bonds. The fourth-order valence-corrected chi connectivity index (χ4v) is 3.76. The topological polar surface area (TPSA) is 48.0 Å². The number of hydrogen-bond donors (Lipinski definition) is 2. The zero-order valence-electron chi connectivity index (χ0n) is 15.4. The van der Waals surface area contributed by atoms with Gasteiger partial charge in [-0.3, -0.25) is 4.90 Å². The zero-order valence-corrected chi connectivity index (χ0v) is 15.4. The summed E-state index contributed by atoms with van der Waals surface area (Å²) in [6.07, 6.45) is 3.13. The Hall–Kier alpha value is -0.200. The van der Waals surface area contributed by atoms with E-state index >= 15 is 0 Å². The van der Waals surface area contributed by atoms with Crippen molar-refractivity contribution in [1.82, 2.24) is 15.1 Å². The summed E-state index contributed by atoms with van der Waals surface area (Å²) in [4.78, 5) is 5.13. The van der Waals surface area contributed by atoms with Crippen molar-refractivity contribution in [1.29, 1.82) is 0 Å². The second-order valence-electron chi connectivity index (χ2n) is 8.17. The third kappa shape index (κ3) is 7.48. The first kappa shape index (κ1) is 19.1. The van der Waals surface area contributed by atoms with Crippen molar-refractivity contribution in [2.45, 2.75) is 52.2 Å². The van der Waals surface area contributed by atoms with E-state index in [1.54, 1.807) is 0 Å². The molecule has 2 rings (SSSR count). The lowest BCUT2D eigenvalue weighted by Gasteiger charge is -2.36. The minimum absolute atomic E-state index is 0.168. The summed E-state index contributed by atoms with van der Waals surface area (Å²) in [6, 6.07) is 0.642. The Morgan fingerprint density at radius 1 is 1.09 bits per heavy atom. The molecule has 1 unspecified atom stereocenters. The second kappa shape index (κ2) is 9.33. The van der Waals surface area contributed by atoms with Crippen molar-refractivity contribution in [3.63, 3.8) is 0 Å². The molecule has 0 bridgehead atoms. The normalized spacial score (nSPS) is 24.0. The van der Waals surface area contributed by atoms with Gasteiger partial charge in [-0.1, -0.05) is 13.8 Å². The molecule has 5 heteroatoms. The van der Waals surface area contributed by atoms with E-state index in [1.165, 1.54) is 39.0 Å². The summed E-state index contributed by atoms with van der Waals surface area (Å²) in [5.74, 6) is 0. The first-order chi connectivity index (χ1) is 10.9. The highest BCUT2D eigenvalue weighted by Gasteiger charge is 2.24. The van der Waals surface area contributed by atoms with Gasteiger partial charge in [-0.25, -0.2) is 0 Å². The van der Waals surface area contributed by atoms with Crippen LogP contribution in [0.5, 0.6) is 0 Å². The molecule has 0 radical (unpaired) electrons. The third-order valence-corrected chi connectivity index (χ3v) is 5.14. The molecule has 23 heavy (non-hydrogen) atoms. The Bertz CT molecular complexity index is 322. The second-order valence-corrected chi connectivity index (χ2v) is 8.17. The van der Waals surface area contributed by atoms with Crippen LogP contribution in [-0.2, 0) is 4.74 Å². The quantitative estimate of drug-likeness (QED) is 0.701. The van der Waals surface area contributed by atoms with Crippen molar-refractivity contribution in [3.8, 4) is 0 Å². The van der Waals surface area contributed by atoms with Crippen LogP contribution in [0.2, 0.25) is 0 Å². The molecule has 2 N–H and O–H groups in total. The number of rotatable bonds is 8. The molecule has 5 nitrogen and oxygen atoms in total. The van der Waals surface area contributed by atoms with E-state index in [2.05, 4.69) is 29.0 Å². The summed E-state index contributed by atoms with van der Waals surface area (Å²) in [5, 5.41) is 13.3. The Kier molecular flexibility index (Phi) is 7.76. The Morgan fingerprint density at radius 2 is 1.65 bits per heavy atom. The summed E-state index contributed by atoms with van der Waals surface area (Å²) in [6.45, 7) is 16.1. The van der Waals surface area contributed by atoms with E-state index in [-0.39, 0.29) is 11.5 Å². The summed E-state index contributed by atoms with van der Waals surface area (Å²) in [5.41, 5.74) is 0.168. The lowest BCUT2D eigenvalue weighted by molar-refractivity contribution is 0.0317. The van der Waals surface area contributed by atoms with Crippen molar-refractivity contribution in [2.75, 3.05) is 59.0 Å². The van der Waals surface area contributed by atoms with E-state index in [0.717, 1.165) is 39.3 Å². The number of nitrogens with one attached hydrogen (secondary N) is 1. The van der Waals surface area contributed by atoms with Crippen LogP contribution in [0.1, 0.15) is 40.0 Å². The number of likely N-dealkylation sites (tertiary alicyclic amines) is 1. The lowest BCUT2D eigenvalue weighted by atomic mass is 9.86. The first-order valence-electron chi connectivity index (χ1n) is 9.38. The molecular weight excluding hydrogens is 290 g/mol. The standard InChI is InChI=1S/C18H37N3O2/c1-16(22)14-18(2,3)15-19-17-4-6-20(7-5-17)8-9-21-10-12-23-13-11-21/h16-17,19,22H,4-15H2,1-3H3. The van der Waals surface area contributed by atoms with Crippen molar-refractivity contribution >= 4 is 0 Å². The van der Waals surface area contributed by atoms with Gasteiger partial charge in [0.25, 0.3) is 0 Å². The molecule has 0 saturated carbocycles. The maximum absolute atomic E-state index is 9.58. The fraction of sp³-hybridized carbons (Fsp3) is 1.00. The van der Waals surface area contributed by atoms with E-state index in [1.807, 2.05) is 6.92 Å². The van der Waals surface area contributed by atoms with E-state index < -0.39 is 0 Å². The van der Waals surface area contributed by atoms with Gasteiger partial charge < -0.3 is 20.1 Å². The summed E-state index contributed by atoms with van der Waals surface area (Å²) in [7, 11) is 0. The van der Waals surface area contributed by atoms with Gasteiger partial charge >= 0.3 is 0 Å². The maximum Gasteiger partial charge on any atom is 0.0594 e. The summed E-state index contributed by atoms with van der Waals surface area (Å²) >= 11 is 0. The number of morpholine rings is 1. The van der Waals surface area contributed by atoms with Gasteiger partial charge in [-0.15, -0.1) is 0 Å². The number of ether oxygens (including phenoxy) is 1. The van der Waals surface area contributed by atoms with E-state index in [4.69, 9.17) is 4.74 Å². The predicted octanol–water partition coefficient (Wildman–Crippen LogP) is 1.17.